The van der Waals surface area contributed by atoms with Crippen LogP contribution in [0.25, 0.3) is 0 Å². The number of ether oxygens (including phenoxy) is 1. The Morgan fingerprint density at radius 2 is 2.32 bits per heavy atom. The third-order valence-electron chi connectivity index (χ3n) is 3.83. The minimum Gasteiger partial charge on any atom is -0.495 e. The van der Waals surface area contributed by atoms with Crippen LogP contribution in [0.4, 0.5) is 0 Å². The molecule has 0 saturated carbocycles. The standard InChI is InChI=1S/C15H21N3O3S/c1-21-14-9-13(10-16)4-5-15(14)22(19,20)18-8-6-12-3-2-7-17-11-12/h4-5,9,12,17-18H,2-3,6-8,11H2,1H3. The monoisotopic (exact) mass is 323 g/mol. The topological polar surface area (TPSA) is 91.2 Å². The van der Waals surface area contributed by atoms with Crippen molar-refractivity contribution in [1.29, 1.82) is 5.26 Å². The van der Waals surface area contributed by atoms with E-state index in [0.29, 0.717) is 18.0 Å². The molecule has 1 aromatic rings. The lowest BCUT2D eigenvalue weighted by Gasteiger charge is -2.22. The molecule has 1 fully saturated rings. The second kappa shape index (κ2) is 7.58. The van der Waals surface area contributed by atoms with Crippen molar-refractivity contribution < 1.29 is 13.2 Å². The summed E-state index contributed by atoms with van der Waals surface area (Å²) in [6.45, 7) is 2.39. The number of nitrogens with one attached hydrogen (secondary N) is 2. The fourth-order valence-corrected chi connectivity index (χ4v) is 3.80. The zero-order chi connectivity index (χ0) is 16.0. The fraction of sp³-hybridized carbons (Fsp3) is 0.533. The van der Waals surface area contributed by atoms with Crippen molar-refractivity contribution in [3.05, 3.63) is 23.8 Å². The van der Waals surface area contributed by atoms with E-state index in [9.17, 15) is 8.42 Å². The lowest BCUT2D eigenvalue weighted by atomic mass is 9.96. The summed E-state index contributed by atoms with van der Waals surface area (Å²) in [5, 5.41) is 12.2. The van der Waals surface area contributed by atoms with Crippen molar-refractivity contribution >= 4 is 10.0 Å². The van der Waals surface area contributed by atoms with E-state index in [-0.39, 0.29) is 10.6 Å². The van der Waals surface area contributed by atoms with Gasteiger partial charge >= 0.3 is 0 Å². The molecule has 120 valence electrons. The highest BCUT2D eigenvalue weighted by atomic mass is 32.2. The Bertz CT molecular complexity index is 646. The van der Waals surface area contributed by atoms with Gasteiger partial charge in [-0.25, -0.2) is 13.1 Å². The number of nitrogens with zero attached hydrogens (tertiary/aromatic N) is 1. The van der Waals surface area contributed by atoms with Gasteiger partial charge in [-0.1, -0.05) is 0 Å². The second-order valence-electron chi connectivity index (χ2n) is 5.38. The Hall–Kier alpha value is -1.62. The van der Waals surface area contributed by atoms with Crippen molar-refractivity contribution in [2.24, 2.45) is 5.92 Å². The summed E-state index contributed by atoms with van der Waals surface area (Å²) in [5.74, 6) is 0.699. The molecule has 22 heavy (non-hydrogen) atoms. The zero-order valence-electron chi connectivity index (χ0n) is 12.6. The van der Waals surface area contributed by atoms with Crippen LogP contribution in [0.1, 0.15) is 24.8 Å². The minimum absolute atomic E-state index is 0.0655. The maximum atomic E-state index is 12.4. The summed E-state index contributed by atoms with van der Waals surface area (Å²) in [7, 11) is -2.24. The van der Waals surface area contributed by atoms with Crippen molar-refractivity contribution in [3.8, 4) is 11.8 Å². The van der Waals surface area contributed by atoms with Crippen LogP contribution < -0.4 is 14.8 Å². The van der Waals surface area contributed by atoms with Gasteiger partial charge in [0.15, 0.2) is 0 Å². The molecular formula is C15H21N3O3S. The van der Waals surface area contributed by atoms with Crippen LogP contribution in [0.2, 0.25) is 0 Å². The number of nitriles is 1. The number of rotatable bonds is 6. The Balaban J connectivity index is 2.02. The van der Waals surface area contributed by atoms with E-state index in [4.69, 9.17) is 10.00 Å². The molecule has 2 N–H and O–H groups in total. The number of benzene rings is 1. The SMILES string of the molecule is COc1cc(C#N)ccc1S(=O)(=O)NCCC1CCCNC1. The van der Waals surface area contributed by atoms with Crippen molar-refractivity contribution in [3.63, 3.8) is 0 Å². The van der Waals surface area contributed by atoms with Crippen LogP contribution in [0.15, 0.2) is 23.1 Å². The van der Waals surface area contributed by atoms with Gasteiger partial charge in [-0.05, 0) is 56.5 Å². The van der Waals surface area contributed by atoms with Crippen molar-refractivity contribution in [2.75, 3.05) is 26.7 Å². The summed E-state index contributed by atoms with van der Waals surface area (Å²) in [6, 6.07) is 6.27. The molecule has 1 atom stereocenters. The van der Waals surface area contributed by atoms with Gasteiger partial charge in [-0.15, -0.1) is 0 Å². The van der Waals surface area contributed by atoms with Gasteiger partial charge < -0.3 is 10.1 Å². The predicted octanol–water partition coefficient (Wildman–Crippen LogP) is 1.23. The molecule has 1 saturated heterocycles. The lowest BCUT2D eigenvalue weighted by Crippen LogP contribution is -2.33. The molecule has 1 heterocycles. The average molecular weight is 323 g/mol. The van der Waals surface area contributed by atoms with Crippen LogP contribution >= 0.6 is 0 Å². The molecule has 0 aromatic heterocycles. The first kappa shape index (κ1) is 16.7. The van der Waals surface area contributed by atoms with Crippen LogP contribution in [0.5, 0.6) is 5.75 Å². The molecule has 1 aliphatic heterocycles. The van der Waals surface area contributed by atoms with E-state index >= 15 is 0 Å². The molecular weight excluding hydrogens is 302 g/mol. The maximum absolute atomic E-state index is 12.4. The maximum Gasteiger partial charge on any atom is 0.244 e. The third kappa shape index (κ3) is 4.19. The van der Waals surface area contributed by atoms with Crippen molar-refractivity contribution in [1.82, 2.24) is 10.0 Å². The lowest BCUT2D eigenvalue weighted by molar-refractivity contribution is 0.358. The molecule has 6 nitrogen and oxygen atoms in total. The molecule has 0 aliphatic carbocycles. The number of hydrogen-bond donors (Lipinski definition) is 2. The van der Waals surface area contributed by atoms with Gasteiger partial charge in [-0.3, -0.25) is 0 Å². The highest BCUT2D eigenvalue weighted by molar-refractivity contribution is 7.89. The van der Waals surface area contributed by atoms with Crippen LogP contribution in [0, 0.1) is 17.2 Å². The molecule has 0 spiro atoms. The van der Waals surface area contributed by atoms with Gasteiger partial charge in [0.2, 0.25) is 10.0 Å². The molecule has 1 aliphatic rings. The average Bonchev–Trinajstić information content (AvgIpc) is 2.55. The molecule has 7 heteroatoms. The number of hydrogen-bond acceptors (Lipinski definition) is 5. The highest BCUT2D eigenvalue weighted by Crippen LogP contribution is 2.24. The van der Waals surface area contributed by atoms with E-state index < -0.39 is 10.0 Å². The molecule has 0 amide bonds. The minimum atomic E-state index is -3.63. The van der Waals surface area contributed by atoms with E-state index in [1.165, 1.54) is 25.3 Å². The number of piperidine rings is 1. The van der Waals surface area contributed by atoms with Crippen LogP contribution in [-0.2, 0) is 10.0 Å². The van der Waals surface area contributed by atoms with E-state index in [1.807, 2.05) is 6.07 Å². The largest absolute Gasteiger partial charge is 0.495 e. The van der Waals surface area contributed by atoms with Gasteiger partial charge in [0.05, 0.1) is 18.7 Å². The Morgan fingerprint density at radius 3 is 2.95 bits per heavy atom. The highest BCUT2D eigenvalue weighted by Gasteiger charge is 2.20. The first-order chi connectivity index (χ1) is 10.6. The zero-order valence-corrected chi connectivity index (χ0v) is 13.4. The van der Waals surface area contributed by atoms with E-state index in [0.717, 1.165) is 32.4 Å². The molecule has 0 bridgehead atoms. The summed E-state index contributed by atoms with van der Waals surface area (Å²) < 4.78 is 32.4. The fourth-order valence-electron chi connectivity index (χ4n) is 2.60. The van der Waals surface area contributed by atoms with E-state index in [1.54, 1.807) is 0 Å². The normalized spacial score (nSPS) is 18.6. The van der Waals surface area contributed by atoms with E-state index in [2.05, 4.69) is 10.0 Å². The summed E-state index contributed by atoms with van der Waals surface area (Å²) >= 11 is 0. The summed E-state index contributed by atoms with van der Waals surface area (Å²) in [4.78, 5) is 0.0655. The van der Waals surface area contributed by atoms with Crippen LogP contribution in [-0.4, -0.2) is 35.2 Å². The molecule has 1 unspecified atom stereocenters. The first-order valence-corrected chi connectivity index (χ1v) is 8.83. The predicted molar refractivity (Wildman–Crippen MR) is 83.1 cm³/mol. The Kier molecular flexibility index (Phi) is 5.77. The van der Waals surface area contributed by atoms with Crippen LogP contribution in [0.3, 0.4) is 0 Å². The first-order valence-electron chi connectivity index (χ1n) is 7.35. The number of methoxy groups -OCH3 is 1. The Morgan fingerprint density at radius 1 is 1.50 bits per heavy atom. The Labute approximate surface area is 131 Å². The van der Waals surface area contributed by atoms with Gasteiger partial charge in [0.25, 0.3) is 0 Å². The second-order valence-corrected chi connectivity index (χ2v) is 7.11. The number of sulfonamides is 1. The van der Waals surface area contributed by atoms with Crippen molar-refractivity contribution in [2.45, 2.75) is 24.2 Å². The quantitative estimate of drug-likeness (QED) is 0.822. The molecule has 2 rings (SSSR count). The molecule has 0 radical (unpaired) electrons. The van der Waals surface area contributed by atoms with Gasteiger partial charge in [0.1, 0.15) is 10.6 Å². The summed E-state index contributed by atoms with van der Waals surface area (Å²) in [5.41, 5.74) is 0.365. The smallest absolute Gasteiger partial charge is 0.244 e. The molecule has 1 aromatic carbocycles. The third-order valence-corrected chi connectivity index (χ3v) is 5.33. The van der Waals surface area contributed by atoms with Gasteiger partial charge in [-0.2, -0.15) is 5.26 Å². The summed E-state index contributed by atoms with van der Waals surface area (Å²) in [6.07, 6.45) is 3.08. The van der Waals surface area contributed by atoms with Gasteiger partial charge in [0, 0.05) is 6.54 Å².